The molecule has 6 nitrogen and oxygen atoms in total. The number of nitrogens with one attached hydrogen (secondary N) is 1. The highest BCUT2D eigenvalue weighted by molar-refractivity contribution is 8.00. The second-order valence-corrected chi connectivity index (χ2v) is 8.16. The SMILES string of the molecule is CC[C@@H](C)c1ccccc1NC(=O)[C@H](C)Sc1nnnn1-c1ccc(C)cc1. The van der Waals surface area contributed by atoms with Gasteiger partial charge in [0, 0.05) is 5.69 Å². The number of para-hydroxylation sites is 1. The maximum absolute atomic E-state index is 12.8. The molecule has 1 N–H and O–H groups in total. The first-order valence-electron chi connectivity index (χ1n) is 9.41. The van der Waals surface area contributed by atoms with Crippen LogP contribution in [0.1, 0.15) is 44.2 Å². The Morgan fingerprint density at radius 1 is 1.14 bits per heavy atom. The van der Waals surface area contributed by atoms with Crippen molar-refractivity contribution in [1.29, 1.82) is 0 Å². The molecule has 0 bridgehead atoms. The third-order valence-corrected chi connectivity index (χ3v) is 5.77. The van der Waals surface area contributed by atoms with Gasteiger partial charge in [0.2, 0.25) is 11.1 Å². The maximum Gasteiger partial charge on any atom is 0.237 e. The topological polar surface area (TPSA) is 72.7 Å². The number of aromatic nitrogens is 4. The molecule has 28 heavy (non-hydrogen) atoms. The first kappa shape index (κ1) is 20.1. The minimum Gasteiger partial charge on any atom is -0.325 e. The van der Waals surface area contributed by atoms with Crippen LogP contribution >= 0.6 is 11.8 Å². The molecule has 1 heterocycles. The van der Waals surface area contributed by atoms with E-state index in [0.717, 1.165) is 23.4 Å². The van der Waals surface area contributed by atoms with Crippen LogP contribution < -0.4 is 5.32 Å². The second-order valence-electron chi connectivity index (χ2n) is 6.85. The highest BCUT2D eigenvalue weighted by atomic mass is 32.2. The number of nitrogens with zero attached hydrogens (tertiary/aromatic N) is 4. The van der Waals surface area contributed by atoms with Crippen LogP contribution in [-0.4, -0.2) is 31.4 Å². The lowest BCUT2D eigenvalue weighted by Gasteiger charge is -2.17. The van der Waals surface area contributed by atoms with E-state index in [1.54, 1.807) is 4.68 Å². The fraction of sp³-hybridized carbons (Fsp3) is 0.333. The number of benzene rings is 2. The Morgan fingerprint density at radius 2 is 1.86 bits per heavy atom. The smallest absolute Gasteiger partial charge is 0.237 e. The van der Waals surface area contributed by atoms with Crippen molar-refractivity contribution >= 4 is 23.4 Å². The third-order valence-electron chi connectivity index (χ3n) is 4.73. The van der Waals surface area contributed by atoms with E-state index in [1.165, 1.54) is 17.3 Å². The van der Waals surface area contributed by atoms with Gasteiger partial charge >= 0.3 is 0 Å². The van der Waals surface area contributed by atoms with Crippen LogP contribution in [0.2, 0.25) is 0 Å². The Labute approximate surface area is 169 Å². The maximum atomic E-state index is 12.8. The van der Waals surface area contributed by atoms with Crippen LogP contribution in [-0.2, 0) is 4.79 Å². The summed E-state index contributed by atoms with van der Waals surface area (Å²) < 4.78 is 1.65. The molecule has 0 unspecified atom stereocenters. The molecular weight excluding hydrogens is 370 g/mol. The van der Waals surface area contributed by atoms with Crippen LogP contribution in [0.25, 0.3) is 5.69 Å². The van der Waals surface area contributed by atoms with Gasteiger partial charge in [-0.15, -0.1) is 5.10 Å². The highest BCUT2D eigenvalue weighted by Crippen LogP contribution is 2.28. The van der Waals surface area contributed by atoms with Crippen LogP contribution in [0.4, 0.5) is 5.69 Å². The summed E-state index contributed by atoms with van der Waals surface area (Å²) in [6.07, 6.45) is 1.02. The number of tetrazole rings is 1. The van der Waals surface area contributed by atoms with Crippen molar-refractivity contribution < 1.29 is 4.79 Å². The van der Waals surface area contributed by atoms with Gasteiger partial charge in [-0.25, -0.2) is 0 Å². The van der Waals surface area contributed by atoms with E-state index in [1.807, 2.05) is 56.3 Å². The molecule has 0 aliphatic heterocycles. The Bertz CT molecular complexity index is 938. The van der Waals surface area contributed by atoms with Gasteiger partial charge in [-0.1, -0.05) is 61.5 Å². The van der Waals surface area contributed by atoms with Crippen molar-refractivity contribution in [2.24, 2.45) is 0 Å². The van der Waals surface area contributed by atoms with Crippen molar-refractivity contribution in [2.45, 2.75) is 50.4 Å². The molecule has 3 rings (SSSR count). The lowest BCUT2D eigenvalue weighted by atomic mass is 9.97. The monoisotopic (exact) mass is 395 g/mol. The minimum absolute atomic E-state index is 0.0702. The van der Waals surface area contributed by atoms with Crippen LogP contribution in [0.15, 0.2) is 53.7 Å². The fourth-order valence-electron chi connectivity index (χ4n) is 2.81. The number of anilines is 1. The zero-order valence-electron chi connectivity index (χ0n) is 16.6. The third kappa shape index (κ3) is 4.59. The number of rotatable bonds is 7. The molecule has 0 aliphatic carbocycles. The molecule has 3 aromatic rings. The lowest BCUT2D eigenvalue weighted by molar-refractivity contribution is -0.115. The average Bonchev–Trinajstić information content (AvgIpc) is 3.16. The molecule has 0 saturated carbocycles. The van der Waals surface area contributed by atoms with E-state index in [2.05, 4.69) is 40.8 Å². The Kier molecular flexibility index (Phi) is 6.46. The van der Waals surface area contributed by atoms with E-state index in [-0.39, 0.29) is 11.2 Å². The van der Waals surface area contributed by atoms with E-state index in [9.17, 15) is 4.79 Å². The second kappa shape index (κ2) is 9.01. The van der Waals surface area contributed by atoms with Crippen molar-refractivity contribution in [2.75, 3.05) is 5.32 Å². The molecule has 1 amide bonds. The van der Waals surface area contributed by atoms with Crippen molar-refractivity contribution in [3.8, 4) is 5.69 Å². The van der Waals surface area contributed by atoms with Crippen LogP contribution in [0.5, 0.6) is 0 Å². The number of hydrogen-bond donors (Lipinski definition) is 1. The summed E-state index contributed by atoms with van der Waals surface area (Å²) in [6.45, 7) is 8.20. The van der Waals surface area contributed by atoms with Gasteiger partial charge in [0.05, 0.1) is 10.9 Å². The zero-order valence-corrected chi connectivity index (χ0v) is 17.4. The van der Waals surface area contributed by atoms with Gasteiger partial charge in [-0.2, -0.15) is 4.68 Å². The van der Waals surface area contributed by atoms with E-state index < -0.39 is 0 Å². The molecular formula is C21H25N5OS. The number of thioether (sulfide) groups is 1. The lowest BCUT2D eigenvalue weighted by Crippen LogP contribution is -2.23. The normalized spacial score (nSPS) is 13.1. The van der Waals surface area contributed by atoms with Gasteiger partial charge in [0.1, 0.15) is 0 Å². The van der Waals surface area contributed by atoms with Gasteiger partial charge in [0.25, 0.3) is 0 Å². The van der Waals surface area contributed by atoms with Crippen LogP contribution in [0.3, 0.4) is 0 Å². The molecule has 0 fully saturated rings. The largest absolute Gasteiger partial charge is 0.325 e. The molecule has 1 aromatic heterocycles. The number of carbonyl (C=O) groups excluding carboxylic acids is 1. The van der Waals surface area contributed by atoms with Crippen LogP contribution in [0, 0.1) is 6.92 Å². The first-order chi connectivity index (χ1) is 13.5. The van der Waals surface area contributed by atoms with Crippen molar-refractivity contribution in [3.05, 3.63) is 59.7 Å². The number of amides is 1. The van der Waals surface area contributed by atoms with E-state index in [0.29, 0.717) is 11.1 Å². The molecule has 146 valence electrons. The van der Waals surface area contributed by atoms with Crippen molar-refractivity contribution in [1.82, 2.24) is 20.2 Å². The average molecular weight is 396 g/mol. The summed E-state index contributed by atoms with van der Waals surface area (Å²) in [5, 5.41) is 15.2. The van der Waals surface area contributed by atoms with E-state index >= 15 is 0 Å². The zero-order chi connectivity index (χ0) is 20.1. The number of carbonyl (C=O) groups is 1. The summed E-state index contributed by atoms with van der Waals surface area (Å²) in [4.78, 5) is 12.8. The summed E-state index contributed by atoms with van der Waals surface area (Å²) in [7, 11) is 0. The molecule has 0 radical (unpaired) electrons. The fourth-order valence-corrected chi connectivity index (χ4v) is 3.61. The summed E-state index contributed by atoms with van der Waals surface area (Å²) in [6, 6.07) is 15.9. The minimum atomic E-state index is -0.347. The Balaban J connectivity index is 1.73. The molecule has 0 aliphatic rings. The predicted molar refractivity (Wildman–Crippen MR) is 113 cm³/mol. The highest BCUT2D eigenvalue weighted by Gasteiger charge is 2.20. The summed E-state index contributed by atoms with van der Waals surface area (Å²) in [5.41, 5.74) is 4.05. The quantitative estimate of drug-likeness (QED) is 0.592. The van der Waals surface area contributed by atoms with Gasteiger partial charge in [-0.3, -0.25) is 4.79 Å². The number of aryl methyl sites for hydroxylation is 1. The first-order valence-corrected chi connectivity index (χ1v) is 10.3. The predicted octanol–water partition coefficient (Wildman–Crippen LogP) is 4.60. The molecule has 7 heteroatoms. The molecule has 2 aromatic carbocycles. The van der Waals surface area contributed by atoms with Gasteiger partial charge < -0.3 is 5.32 Å². The Hall–Kier alpha value is -2.67. The van der Waals surface area contributed by atoms with Crippen molar-refractivity contribution in [3.63, 3.8) is 0 Å². The molecule has 0 spiro atoms. The summed E-state index contributed by atoms with van der Waals surface area (Å²) in [5.74, 6) is 0.313. The molecule has 2 atom stereocenters. The van der Waals surface area contributed by atoms with Gasteiger partial charge in [-0.05, 0) is 60.4 Å². The van der Waals surface area contributed by atoms with Gasteiger partial charge in [0.15, 0.2) is 0 Å². The van der Waals surface area contributed by atoms with E-state index in [4.69, 9.17) is 0 Å². The number of hydrogen-bond acceptors (Lipinski definition) is 5. The standard InChI is InChI=1S/C21H25N5OS/c1-5-15(3)18-8-6-7-9-19(18)22-20(27)16(4)28-21-23-24-25-26(21)17-12-10-14(2)11-13-17/h6-13,15-16H,5H2,1-4H3,(H,22,27)/t15-,16+/m1/s1. The Morgan fingerprint density at radius 3 is 2.57 bits per heavy atom. The summed E-state index contributed by atoms with van der Waals surface area (Å²) >= 11 is 1.34. The molecule has 0 saturated heterocycles.